The van der Waals surface area contributed by atoms with Crippen molar-refractivity contribution in [3.05, 3.63) is 47.3 Å². The van der Waals surface area contributed by atoms with Gasteiger partial charge in [-0.25, -0.2) is 4.79 Å². The first-order valence-electron chi connectivity index (χ1n) is 10.1. The first-order valence-corrected chi connectivity index (χ1v) is 10.1. The van der Waals surface area contributed by atoms with Gasteiger partial charge in [0.1, 0.15) is 11.3 Å². The molecule has 30 heavy (non-hydrogen) atoms. The van der Waals surface area contributed by atoms with Gasteiger partial charge in [0.15, 0.2) is 0 Å². The van der Waals surface area contributed by atoms with Crippen molar-refractivity contribution in [1.29, 1.82) is 0 Å². The summed E-state index contributed by atoms with van der Waals surface area (Å²) in [5.74, 6) is 0. The number of aliphatic imine (C=N–C) groups is 1. The van der Waals surface area contributed by atoms with Gasteiger partial charge in [-0.05, 0) is 63.3 Å². The van der Waals surface area contributed by atoms with Crippen molar-refractivity contribution in [2.24, 2.45) is 4.99 Å². The number of aliphatic hydroxyl groups excluding tert-OH is 1. The molecule has 2 aromatic rings. The Kier molecular flexibility index (Phi) is 8.35. The molecule has 0 radical (unpaired) electrons. The van der Waals surface area contributed by atoms with E-state index in [-0.39, 0.29) is 6.61 Å². The van der Waals surface area contributed by atoms with Gasteiger partial charge >= 0.3 is 6.09 Å². The van der Waals surface area contributed by atoms with Gasteiger partial charge in [0.2, 0.25) is 0 Å². The number of amides is 1. The second-order valence-electron chi connectivity index (χ2n) is 8.12. The van der Waals surface area contributed by atoms with Gasteiger partial charge in [0.25, 0.3) is 0 Å². The molecule has 0 saturated heterocycles. The lowest BCUT2D eigenvalue weighted by molar-refractivity contribution is 0.0523. The maximum atomic E-state index is 11.9. The van der Waals surface area contributed by atoms with Gasteiger partial charge in [-0.2, -0.15) is 0 Å². The third kappa shape index (κ3) is 7.15. The predicted molar refractivity (Wildman–Crippen MR) is 121 cm³/mol. The number of benzene rings is 1. The number of nitrogens with one attached hydrogen (secondary N) is 1. The van der Waals surface area contributed by atoms with E-state index in [1.165, 1.54) is 0 Å². The molecule has 0 aliphatic heterocycles. The van der Waals surface area contributed by atoms with E-state index < -0.39 is 11.7 Å². The SMILES string of the molecule is Cc1cc(-c2ccnc(C=NCCCCO)c2N)ccc1CNC(=O)OC(C)(C)C. The Morgan fingerprint density at radius 2 is 2.07 bits per heavy atom. The van der Waals surface area contributed by atoms with Crippen LogP contribution >= 0.6 is 0 Å². The summed E-state index contributed by atoms with van der Waals surface area (Å²) >= 11 is 0. The van der Waals surface area contributed by atoms with Crippen LogP contribution in [0.3, 0.4) is 0 Å². The van der Waals surface area contributed by atoms with E-state index in [1.54, 1.807) is 12.4 Å². The maximum absolute atomic E-state index is 11.9. The number of carbonyl (C=O) groups is 1. The van der Waals surface area contributed by atoms with E-state index in [0.29, 0.717) is 24.5 Å². The minimum absolute atomic E-state index is 0.175. The number of anilines is 1. The van der Waals surface area contributed by atoms with Crippen LogP contribution in [0.5, 0.6) is 0 Å². The second kappa shape index (κ2) is 10.7. The van der Waals surface area contributed by atoms with E-state index in [0.717, 1.165) is 35.1 Å². The minimum atomic E-state index is -0.526. The van der Waals surface area contributed by atoms with Gasteiger partial charge < -0.3 is 20.9 Å². The molecule has 2 rings (SSSR count). The number of carbonyl (C=O) groups excluding carboxylic acids is 1. The average molecular weight is 413 g/mol. The molecule has 1 amide bonds. The standard InChI is InChI=1S/C23H32N4O3/c1-16-13-17(7-8-18(16)14-27-22(29)30-23(2,3)4)19-9-11-26-20(21(19)24)15-25-10-5-6-12-28/h7-9,11,13,15,28H,5-6,10,12,14,24H2,1-4H3,(H,27,29). The number of unbranched alkanes of at least 4 members (excludes halogenated alkanes) is 1. The average Bonchev–Trinajstić information content (AvgIpc) is 2.66. The number of aromatic nitrogens is 1. The molecule has 0 aliphatic carbocycles. The molecule has 162 valence electrons. The van der Waals surface area contributed by atoms with Crippen LogP contribution in [0.1, 0.15) is 50.4 Å². The Hall–Kier alpha value is -2.93. The van der Waals surface area contributed by atoms with Crippen LogP contribution in [0.25, 0.3) is 11.1 Å². The quantitative estimate of drug-likeness (QED) is 0.450. The van der Waals surface area contributed by atoms with Crippen molar-refractivity contribution in [1.82, 2.24) is 10.3 Å². The van der Waals surface area contributed by atoms with Crippen LogP contribution in [0, 0.1) is 6.92 Å². The zero-order valence-electron chi connectivity index (χ0n) is 18.2. The largest absolute Gasteiger partial charge is 0.444 e. The van der Waals surface area contributed by atoms with Crippen LogP contribution in [0.15, 0.2) is 35.5 Å². The number of nitrogens with two attached hydrogens (primary N) is 1. The highest BCUT2D eigenvalue weighted by atomic mass is 16.6. The summed E-state index contributed by atoms with van der Waals surface area (Å²) in [6, 6.07) is 7.88. The predicted octanol–water partition coefficient (Wildman–Crippen LogP) is 3.86. The van der Waals surface area contributed by atoms with Crippen molar-refractivity contribution in [2.75, 3.05) is 18.9 Å². The molecule has 0 saturated carbocycles. The Balaban J connectivity index is 2.10. The molecule has 7 heteroatoms. The van der Waals surface area contributed by atoms with Crippen LogP contribution in [0.2, 0.25) is 0 Å². The molecular weight excluding hydrogens is 380 g/mol. The third-order valence-corrected chi connectivity index (χ3v) is 4.41. The number of nitrogens with zero attached hydrogens (tertiary/aromatic N) is 2. The fraction of sp³-hybridized carbons (Fsp3) is 0.435. The molecule has 1 heterocycles. The number of hydrogen-bond acceptors (Lipinski definition) is 6. The van der Waals surface area contributed by atoms with E-state index >= 15 is 0 Å². The number of pyridine rings is 1. The second-order valence-corrected chi connectivity index (χ2v) is 8.12. The van der Waals surface area contributed by atoms with Crippen molar-refractivity contribution in [2.45, 2.75) is 52.7 Å². The first kappa shape index (κ1) is 23.3. The third-order valence-electron chi connectivity index (χ3n) is 4.41. The van der Waals surface area contributed by atoms with Crippen molar-refractivity contribution in [3.8, 4) is 11.1 Å². The molecule has 0 aliphatic rings. The topological polar surface area (TPSA) is 110 Å². The Bertz CT molecular complexity index is 889. The summed E-state index contributed by atoms with van der Waals surface area (Å²) in [6.45, 7) is 8.69. The highest BCUT2D eigenvalue weighted by molar-refractivity contribution is 5.91. The lowest BCUT2D eigenvalue weighted by Crippen LogP contribution is -2.32. The summed E-state index contributed by atoms with van der Waals surface area (Å²) in [5, 5.41) is 11.6. The summed E-state index contributed by atoms with van der Waals surface area (Å²) in [7, 11) is 0. The molecule has 0 bridgehead atoms. The maximum Gasteiger partial charge on any atom is 0.407 e. The number of alkyl carbamates (subject to hydrolysis) is 1. The monoisotopic (exact) mass is 412 g/mol. The molecule has 7 nitrogen and oxygen atoms in total. The zero-order valence-corrected chi connectivity index (χ0v) is 18.2. The van der Waals surface area contributed by atoms with Gasteiger partial charge in [-0.1, -0.05) is 18.2 Å². The van der Waals surface area contributed by atoms with Crippen molar-refractivity contribution >= 4 is 18.0 Å². The Morgan fingerprint density at radius 1 is 1.30 bits per heavy atom. The summed E-state index contributed by atoms with van der Waals surface area (Å²) in [6.07, 6.45) is 4.52. The van der Waals surface area contributed by atoms with E-state index in [9.17, 15) is 4.79 Å². The molecule has 4 N–H and O–H groups in total. The summed E-state index contributed by atoms with van der Waals surface area (Å²) in [5.41, 5.74) is 10.9. The van der Waals surface area contributed by atoms with E-state index in [1.807, 2.05) is 52.0 Å². The minimum Gasteiger partial charge on any atom is -0.444 e. The lowest BCUT2D eigenvalue weighted by atomic mass is 9.98. The molecular formula is C23H32N4O3. The van der Waals surface area contributed by atoms with Crippen LogP contribution in [-0.2, 0) is 11.3 Å². The number of aliphatic hydroxyl groups is 1. The molecule has 1 aromatic carbocycles. The molecule has 0 unspecified atom stereocenters. The molecule has 0 fully saturated rings. The van der Waals surface area contributed by atoms with Gasteiger partial charge in [-0.3, -0.25) is 9.98 Å². The zero-order chi connectivity index (χ0) is 22.1. The Morgan fingerprint density at radius 3 is 2.73 bits per heavy atom. The lowest BCUT2D eigenvalue weighted by Gasteiger charge is -2.20. The summed E-state index contributed by atoms with van der Waals surface area (Å²) < 4.78 is 5.28. The van der Waals surface area contributed by atoms with Crippen LogP contribution < -0.4 is 11.1 Å². The van der Waals surface area contributed by atoms with E-state index in [4.69, 9.17) is 15.6 Å². The normalized spacial score (nSPS) is 11.6. The molecule has 0 atom stereocenters. The van der Waals surface area contributed by atoms with Gasteiger partial charge in [0.05, 0.1) is 5.69 Å². The van der Waals surface area contributed by atoms with Crippen molar-refractivity contribution in [3.63, 3.8) is 0 Å². The number of hydrogen-bond donors (Lipinski definition) is 3. The summed E-state index contributed by atoms with van der Waals surface area (Å²) in [4.78, 5) is 20.5. The van der Waals surface area contributed by atoms with Crippen LogP contribution in [-0.4, -0.2) is 41.2 Å². The number of ether oxygens (including phenoxy) is 1. The number of nitrogen functional groups attached to an aromatic ring is 1. The highest BCUT2D eigenvalue weighted by Gasteiger charge is 2.16. The van der Waals surface area contributed by atoms with Crippen LogP contribution in [0.4, 0.5) is 10.5 Å². The smallest absolute Gasteiger partial charge is 0.407 e. The fourth-order valence-corrected chi connectivity index (χ4v) is 2.85. The molecule has 1 aromatic heterocycles. The van der Waals surface area contributed by atoms with Crippen molar-refractivity contribution < 1.29 is 14.6 Å². The Labute approximate surface area is 178 Å². The van der Waals surface area contributed by atoms with Gasteiger partial charge in [0, 0.05) is 37.7 Å². The van der Waals surface area contributed by atoms with Gasteiger partial charge in [-0.15, -0.1) is 0 Å². The number of rotatable bonds is 8. The first-order chi connectivity index (χ1) is 14.2. The van der Waals surface area contributed by atoms with E-state index in [2.05, 4.69) is 15.3 Å². The fourth-order valence-electron chi connectivity index (χ4n) is 2.85. The number of aryl methyl sites for hydroxylation is 1. The molecule has 0 spiro atoms. The highest BCUT2D eigenvalue weighted by Crippen LogP contribution is 2.28.